The van der Waals surface area contributed by atoms with E-state index in [1.54, 1.807) is 23.7 Å². The number of hydrogen-bond acceptors (Lipinski definition) is 6. The summed E-state index contributed by atoms with van der Waals surface area (Å²) < 4.78 is 29.4. The predicted molar refractivity (Wildman–Crippen MR) is 131 cm³/mol. The Hall–Kier alpha value is -3.63. The van der Waals surface area contributed by atoms with Crippen molar-refractivity contribution in [2.75, 3.05) is 18.4 Å². The molecule has 4 aromatic rings. The van der Waals surface area contributed by atoms with Crippen molar-refractivity contribution in [2.45, 2.75) is 58.0 Å². The highest BCUT2D eigenvalue weighted by molar-refractivity contribution is 5.83. The van der Waals surface area contributed by atoms with Crippen molar-refractivity contribution in [1.29, 1.82) is 0 Å². The number of anilines is 1. The normalized spacial score (nSPS) is 20.3. The van der Waals surface area contributed by atoms with Gasteiger partial charge in [-0.3, -0.25) is 4.79 Å². The van der Waals surface area contributed by atoms with Gasteiger partial charge in [0.2, 0.25) is 11.9 Å². The zero-order chi connectivity index (χ0) is 24.8. The number of pyridine rings is 1. The van der Waals surface area contributed by atoms with E-state index in [1.807, 2.05) is 23.2 Å². The van der Waals surface area contributed by atoms with Crippen molar-refractivity contribution in [3.8, 4) is 11.3 Å². The van der Waals surface area contributed by atoms with Crippen LogP contribution in [0.4, 0.5) is 14.7 Å². The van der Waals surface area contributed by atoms with E-state index in [1.165, 1.54) is 4.57 Å². The monoisotopic (exact) mass is 494 g/mol. The van der Waals surface area contributed by atoms with Crippen LogP contribution < -0.4 is 5.32 Å². The van der Waals surface area contributed by atoms with E-state index in [2.05, 4.69) is 25.4 Å². The molecule has 2 aliphatic rings. The van der Waals surface area contributed by atoms with Gasteiger partial charge in [0, 0.05) is 36.8 Å². The van der Waals surface area contributed by atoms with E-state index in [4.69, 9.17) is 0 Å². The molecule has 0 bridgehead atoms. The van der Waals surface area contributed by atoms with Gasteiger partial charge in [0.15, 0.2) is 5.65 Å². The molecule has 1 saturated carbocycles. The zero-order valence-electron chi connectivity index (χ0n) is 20.1. The molecule has 1 N–H and O–H groups in total. The quantitative estimate of drug-likeness (QED) is 0.437. The first-order valence-electron chi connectivity index (χ1n) is 12.5. The maximum Gasteiger partial charge on any atom is 0.256 e. The molecule has 1 aliphatic carbocycles. The number of carbonyl (C=O) groups is 1. The van der Waals surface area contributed by atoms with Crippen molar-refractivity contribution in [3.05, 3.63) is 36.4 Å². The molecule has 2 fully saturated rings. The summed E-state index contributed by atoms with van der Waals surface area (Å²) in [6.07, 6.45) is 5.83. The van der Waals surface area contributed by atoms with Crippen molar-refractivity contribution in [3.63, 3.8) is 0 Å². The van der Waals surface area contributed by atoms with Crippen LogP contribution in [0.3, 0.4) is 0 Å². The number of imidazole rings is 1. The van der Waals surface area contributed by atoms with Crippen LogP contribution in [0.5, 0.6) is 0 Å². The molecule has 0 aromatic carbocycles. The van der Waals surface area contributed by atoms with E-state index in [0.29, 0.717) is 34.5 Å². The van der Waals surface area contributed by atoms with Crippen molar-refractivity contribution < 1.29 is 13.6 Å². The molecule has 188 valence electrons. The lowest BCUT2D eigenvalue weighted by molar-refractivity contribution is -0.140. The fourth-order valence-electron chi connectivity index (χ4n) is 5.27. The smallest absolute Gasteiger partial charge is 0.256 e. The highest BCUT2D eigenvalue weighted by Gasteiger charge is 2.31. The molecular weight excluding hydrogens is 466 g/mol. The largest absolute Gasteiger partial charge is 0.350 e. The van der Waals surface area contributed by atoms with E-state index >= 15 is 0 Å². The summed E-state index contributed by atoms with van der Waals surface area (Å²) in [4.78, 5) is 28.0. The summed E-state index contributed by atoms with van der Waals surface area (Å²) in [6.45, 7) is 3.08. The van der Waals surface area contributed by atoms with Gasteiger partial charge in [0.05, 0.1) is 24.0 Å². The van der Waals surface area contributed by atoms with Crippen LogP contribution in [0.1, 0.15) is 37.9 Å². The number of carbonyl (C=O) groups excluding carboxylic acids is 1. The van der Waals surface area contributed by atoms with Crippen LogP contribution in [-0.4, -0.2) is 65.5 Å². The number of nitrogens with one attached hydrogen (secondary N) is 1. The van der Waals surface area contributed by atoms with E-state index in [-0.39, 0.29) is 12.0 Å². The van der Waals surface area contributed by atoms with Gasteiger partial charge in [0.1, 0.15) is 11.3 Å². The average Bonchev–Trinajstić information content (AvgIpc) is 3.38. The lowest BCUT2D eigenvalue weighted by atomic mass is 9.84. The summed E-state index contributed by atoms with van der Waals surface area (Å²) >= 11 is 0. The molecule has 0 radical (unpaired) electrons. The molecule has 5 heterocycles. The molecule has 4 aromatic heterocycles. The number of aromatic nitrogens is 6. The summed E-state index contributed by atoms with van der Waals surface area (Å²) in [5.41, 5.74) is 3.26. The Bertz CT molecular complexity index is 1420. The Morgan fingerprint density at radius 1 is 1.14 bits per heavy atom. The van der Waals surface area contributed by atoms with Crippen molar-refractivity contribution in [2.24, 2.45) is 5.92 Å². The summed E-state index contributed by atoms with van der Waals surface area (Å²) in [7, 11) is 0. The van der Waals surface area contributed by atoms with E-state index in [9.17, 15) is 13.6 Å². The minimum atomic E-state index is -2.49. The fourth-order valence-corrected chi connectivity index (χ4v) is 5.27. The minimum Gasteiger partial charge on any atom is -0.350 e. The van der Waals surface area contributed by atoms with Gasteiger partial charge in [-0.2, -0.15) is 0 Å². The third-order valence-corrected chi connectivity index (χ3v) is 7.37. The number of fused-ring (bicyclic) bond motifs is 2. The Labute approximate surface area is 206 Å². The zero-order valence-corrected chi connectivity index (χ0v) is 20.1. The summed E-state index contributed by atoms with van der Waals surface area (Å²) in [5, 5.41) is 8.04. The maximum atomic E-state index is 13.1. The molecule has 36 heavy (non-hydrogen) atoms. The molecular formula is C25H28F2N8O. The second-order valence-electron chi connectivity index (χ2n) is 9.71. The SMILES string of the molecule is Cc1nc2ccc(-c3ccn4nc(NC5CCC(C(=O)N6CCC6)CC5)ncc34)nc2n1CC(F)F. The third-order valence-electron chi connectivity index (χ3n) is 7.37. The Kier molecular flexibility index (Phi) is 5.77. The summed E-state index contributed by atoms with van der Waals surface area (Å²) in [6, 6.07) is 5.77. The average molecular weight is 495 g/mol. The van der Waals surface area contributed by atoms with Gasteiger partial charge in [-0.05, 0) is 57.2 Å². The number of aryl methyl sites for hydroxylation is 1. The number of amides is 1. The van der Waals surface area contributed by atoms with Crippen molar-refractivity contribution >= 4 is 28.5 Å². The molecule has 6 rings (SSSR count). The number of hydrogen-bond donors (Lipinski definition) is 1. The molecule has 9 nitrogen and oxygen atoms in total. The number of rotatable bonds is 6. The topological polar surface area (TPSA) is 93.2 Å². The number of alkyl halides is 2. The first kappa shape index (κ1) is 22.8. The van der Waals surface area contributed by atoms with Crippen LogP contribution in [0.25, 0.3) is 27.9 Å². The van der Waals surface area contributed by atoms with Gasteiger partial charge in [-0.1, -0.05) is 0 Å². The molecule has 0 atom stereocenters. The van der Waals surface area contributed by atoms with E-state index in [0.717, 1.165) is 56.3 Å². The molecule has 1 saturated heterocycles. The highest BCUT2D eigenvalue weighted by Crippen LogP contribution is 2.30. The van der Waals surface area contributed by atoms with Crippen LogP contribution in [0, 0.1) is 12.8 Å². The van der Waals surface area contributed by atoms with Gasteiger partial charge < -0.3 is 14.8 Å². The predicted octanol–water partition coefficient (Wildman–Crippen LogP) is 3.92. The number of halogens is 2. The van der Waals surface area contributed by atoms with Gasteiger partial charge in [-0.15, -0.1) is 5.10 Å². The van der Waals surface area contributed by atoms with Gasteiger partial charge >= 0.3 is 0 Å². The molecule has 0 spiro atoms. The van der Waals surface area contributed by atoms with Crippen LogP contribution >= 0.6 is 0 Å². The first-order valence-corrected chi connectivity index (χ1v) is 12.5. The Balaban J connectivity index is 1.18. The Morgan fingerprint density at radius 3 is 2.67 bits per heavy atom. The number of likely N-dealkylation sites (tertiary alicyclic amines) is 1. The van der Waals surface area contributed by atoms with Gasteiger partial charge in [-0.25, -0.2) is 28.2 Å². The molecule has 1 aliphatic heterocycles. The maximum absolute atomic E-state index is 13.1. The highest BCUT2D eigenvalue weighted by atomic mass is 19.3. The second-order valence-corrected chi connectivity index (χ2v) is 9.71. The first-order chi connectivity index (χ1) is 17.5. The number of nitrogens with zero attached hydrogens (tertiary/aromatic N) is 7. The Morgan fingerprint density at radius 2 is 1.94 bits per heavy atom. The van der Waals surface area contributed by atoms with Crippen molar-refractivity contribution in [1.82, 2.24) is 34.0 Å². The van der Waals surface area contributed by atoms with Crippen LogP contribution in [0.15, 0.2) is 30.6 Å². The van der Waals surface area contributed by atoms with Crippen LogP contribution in [0.2, 0.25) is 0 Å². The van der Waals surface area contributed by atoms with E-state index < -0.39 is 13.0 Å². The third kappa shape index (κ3) is 4.16. The van der Waals surface area contributed by atoms with Gasteiger partial charge in [0.25, 0.3) is 6.43 Å². The molecule has 11 heteroatoms. The standard InChI is InChI=1S/C25H28F2N8O/c1-15-29-20-8-7-19(31-23(20)34(15)14-22(26)27)18-9-12-35-21(18)13-28-25(32-35)30-17-5-3-16(4-6-17)24(36)33-10-2-11-33/h7-9,12-13,16-17,22H,2-6,10-11,14H2,1H3,(H,30,32). The fraction of sp³-hybridized carbons (Fsp3) is 0.480. The lowest BCUT2D eigenvalue weighted by Crippen LogP contribution is -2.46. The molecule has 0 unspecified atom stereocenters. The minimum absolute atomic E-state index is 0.143. The molecule has 1 amide bonds. The van der Waals surface area contributed by atoms with Crippen LogP contribution in [-0.2, 0) is 11.3 Å². The summed E-state index contributed by atoms with van der Waals surface area (Å²) in [5.74, 6) is 1.51. The second kappa shape index (κ2) is 9.11. The lowest BCUT2D eigenvalue weighted by Gasteiger charge is -2.36.